The SMILES string of the molecule is CCC(NC(C)c1cscn1)C(C)(C)C. The summed E-state index contributed by atoms with van der Waals surface area (Å²) in [6, 6.07) is 0.884. The highest BCUT2D eigenvalue weighted by Gasteiger charge is 2.24. The molecule has 1 rings (SSSR count). The molecule has 0 radical (unpaired) electrons. The maximum absolute atomic E-state index is 4.34. The molecule has 3 heteroatoms. The van der Waals surface area contributed by atoms with Crippen molar-refractivity contribution in [2.24, 2.45) is 5.41 Å². The van der Waals surface area contributed by atoms with Crippen LogP contribution < -0.4 is 5.32 Å². The molecule has 0 saturated heterocycles. The highest BCUT2D eigenvalue weighted by atomic mass is 32.1. The van der Waals surface area contributed by atoms with Gasteiger partial charge in [0.2, 0.25) is 0 Å². The Morgan fingerprint density at radius 1 is 1.47 bits per heavy atom. The van der Waals surface area contributed by atoms with Crippen LogP contribution in [0.5, 0.6) is 0 Å². The first kappa shape index (κ1) is 12.7. The molecular formula is C12H22N2S. The van der Waals surface area contributed by atoms with Crippen LogP contribution in [0, 0.1) is 5.41 Å². The fraction of sp³-hybridized carbons (Fsp3) is 0.750. The van der Waals surface area contributed by atoms with Crippen molar-refractivity contribution in [1.29, 1.82) is 0 Å². The molecule has 0 fully saturated rings. The standard InChI is InChI=1S/C12H22N2S/c1-6-11(12(3,4)5)14-9(2)10-7-15-8-13-10/h7-9,11,14H,6H2,1-5H3. The predicted molar refractivity (Wildman–Crippen MR) is 67.2 cm³/mol. The molecule has 2 unspecified atom stereocenters. The van der Waals surface area contributed by atoms with Crippen LogP contribution in [0.1, 0.15) is 52.8 Å². The largest absolute Gasteiger partial charge is 0.306 e. The second-order valence-corrected chi connectivity index (χ2v) is 5.85. The van der Waals surface area contributed by atoms with Crippen LogP contribution in [0.15, 0.2) is 10.9 Å². The third kappa shape index (κ3) is 3.58. The van der Waals surface area contributed by atoms with Crippen molar-refractivity contribution in [2.75, 3.05) is 0 Å². The Labute approximate surface area is 97.1 Å². The molecule has 1 heterocycles. The topological polar surface area (TPSA) is 24.9 Å². The summed E-state index contributed by atoms with van der Waals surface area (Å²) in [5.41, 5.74) is 3.35. The molecule has 2 nitrogen and oxygen atoms in total. The molecule has 0 bridgehead atoms. The molecule has 0 amide bonds. The monoisotopic (exact) mass is 226 g/mol. The van der Waals surface area contributed by atoms with Crippen LogP contribution >= 0.6 is 11.3 Å². The van der Waals surface area contributed by atoms with Gasteiger partial charge in [-0.05, 0) is 18.8 Å². The quantitative estimate of drug-likeness (QED) is 0.848. The second-order valence-electron chi connectivity index (χ2n) is 5.13. The van der Waals surface area contributed by atoms with Crippen molar-refractivity contribution in [1.82, 2.24) is 10.3 Å². The van der Waals surface area contributed by atoms with Crippen LogP contribution in [0.2, 0.25) is 0 Å². The van der Waals surface area contributed by atoms with E-state index in [0.29, 0.717) is 17.5 Å². The van der Waals surface area contributed by atoms with Crippen LogP contribution in [-0.2, 0) is 0 Å². The summed E-state index contributed by atoms with van der Waals surface area (Å²) in [6.07, 6.45) is 1.15. The highest BCUT2D eigenvalue weighted by Crippen LogP contribution is 2.24. The average molecular weight is 226 g/mol. The van der Waals surface area contributed by atoms with E-state index in [1.807, 2.05) is 5.51 Å². The van der Waals surface area contributed by atoms with E-state index in [0.717, 1.165) is 12.1 Å². The molecule has 1 aromatic rings. The number of aromatic nitrogens is 1. The van der Waals surface area contributed by atoms with Gasteiger partial charge in [0.1, 0.15) is 0 Å². The number of thiazole rings is 1. The molecule has 0 aliphatic heterocycles. The summed E-state index contributed by atoms with van der Waals surface area (Å²) in [4.78, 5) is 4.34. The van der Waals surface area contributed by atoms with Crippen LogP contribution in [0.3, 0.4) is 0 Å². The first-order chi connectivity index (χ1) is 6.95. The molecule has 0 aromatic carbocycles. The summed E-state index contributed by atoms with van der Waals surface area (Å²) in [5, 5.41) is 5.77. The molecule has 0 aliphatic carbocycles. The minimum absolute atomic E-state index is 0.305. The van der Waals surface area contributed by atoms with Gasteiger partial charge in [0.05, 0.1) is 11.2 Å². The Morgan fingerprint density at radius 3 is 2.53 bits per heavy atom. The van der Waals surface area contributed by atoms with Crippen LogP contribution in [0.25, 0.3) is 0 Å². The molecule has 15 heavy (non-hydrogen) atoms. The Bertz CT molecular complexity index is 274. The van der Waals surface area contributed by atoms with Gasteiger partial charge in [-0.25, -0.2) is 4.98 Å². The van der Waals surface area contributed by atoms with E-state index in [1.54, 1.807) is 11.3 Å². The summed E-state index contributed by atoms with van der Waals surface area (Å²) >= 11 is 1.66. The molecule has 0 spiro atoms. The third-order valence-corrected chi connectivity index (χ3v) is 3.40. The number of hydrogen-bond acceptors (Lipinski definition) is 3. The molecular weight excluding hydrogens is 204 g/mol. The number of nitrogens with one attached hydrogen (secondary N) is 1. The number of rotatable bonds is 4. The Morgan fingerprint density at radius 2 is 2.13 bits per heavy atom. The van der Waals surface area contributed by atoms with E-state index in [9.17, 15) is 0 Å². The molecule has 0 saturated carbocycles. The summed E-state index contributed by atoms with van der Waals surface area (Å²) in [5.74, 6) is 0. The lowest BCUT2D eigenvalue weighted by Crippen LogP contribution is -2.41. The smallest absolute Gasteiger partial charge is 0.0795 e. The zero-order valence-corrected chi connectivity index (χ0v) is 11.2. The van der Waals surface area contributed by atoms with E-state index in [-0.39, 0.29) is 0 Å². The lowest BCUT2D eigenvalue weighted by Gasteiger charge is -2.33. The summed E-state index contributed by atoms with van der Waals surface area (Å²) in [7, 11) is 0. The fourth-order valence-corrected chi connectivity index (χ4v) is 2.45. The van der Waals surface area contributed by atoms with Gasteiger partial charge in [-0.2, -0.15) is 0 Å². The fourth-order valence-electron chi connectivity index (χ4n) is 1.80. The maximum Gasteiger partial charge on any atom is 0.0795 e. The third-order valence-electron chi connectivity index (χ3n) is 2.80. The van der Waals surface area contributed by atoms with Crippen molar-refractivity contribution in [3.8, 4) is 0 Å². The predicted octanol–water partition coefficient (Wildman–Crippen LogP) is 3.62. The van der Waals surface area contributed by atoms with Crippen molar-refractivity contribution in [3.05, 3.63) is 16.6 Å². The minimum atomic E-state index is 0.305. The lowest BCUT2D eigenvalue weighted by atomic mass is 9.84. The van der Waals surface area contributed by atoms with Gasteiger partial charge in [-0.1, -0.05) is 27.7 Å². The van der Waals surface area contributed by atoms with Gasteiger partial charge >= 0.3 is 0 Å². The number of hydrogen-bond donors (Lipinski definition) is 1. The van der Waals surface area contributed by atoms with E-state index in [1.165, 1.54) is 0 Å². The van der Waals surface area contributed by atoms with Crippen molar-refractivity contribution >= 4 is 11.3 Å². The first-order valence-corrected chi connectivity index (χ1v) is 6.53. The van der Waals surface area contributed by atoms with Crippen molar-refractivity contribution in [2.45, 2.75) is 53.1 Å². The van der Waals surface area contributed by atoms with E-state index in [4.69, 9.17) is 0 Å². The normalized spacial score (nSPS) is 16.3. The van der Waals surface area contributed by atoms with E-state index >= 15 is 0 Å². The van der Waals surface area contributed by atoms with Crippen molar-refractivity contribution in [3.63, 3.8) is 0 Å². The van der Waals surface area contributed by atoms with Gasteiger partial charge in [0.25, 0.3) is 0 Å². The van der Waals surface area contributed by atoms with E-state index < -0.39 is 0 Å². The van der Waals surface area contributed by atoms with Crippen LogP contribution in [0.4, 0.5) is 0 Å². The molecule has 86 valence electrons. The number of nitrogens with zero attached hydrogens (tertiary/aromatic N) is 1. The Kier molecular flexibility index (Phi) is 4.29. The van der Waals surface area contributed by atoms with Crippen LogP contribution in [-0.4, -0.2) is 11.0 Å². The molecule has 1 N–H and O–H groups in total. The second kappa shape index (κ2) is 5.08. The first-order valence-electron chi connectivity index (χ1n) is 5.59. The molecule has 1 aromatic heterocycles. The molecule has 2 atom stereocenters. The van der Waals surface area contributed by atoms with E-state index in [2.05, 4.69) is 50.3 Å². The zero-order valence-electron chi connectivity index (χ0n) is 10.4. The van der Waals surface area contributed by atoms with Gasteiger partial charge in [-0.15, -0.1) is 11.3 Å². The maximum atomic E-state index is 4.34. The van der Waals surface area contributed by atoms with Gasteiger partial charge in [-0.3, -0.25) is 0 Å². The highest BCUT2D eigenvalue weighted by molar-refractivity contribution is 7.07. The Hall–Kier alpha value is -0.410. The summed E-state index contributed by atoms with van der Waals surface area (Å²) < 4.78 is 0. The summed E-state index contributed by atoms with van der Waals surface area (Å²) in [6.45, 7) is 11.3. The Balaban J connectivity index is 2.60. The van der Waals surface area contributed by atoms with Crippen molar-refractivity contribution < 1.29 is 0 Å². The van der Waals surface area contributed by atoms with Gasteiger partial charge < -0.3 is 5.32 Å². The zero-order chi connectivity index (χ0) is 11.5. The minimum Gasteiger partial charge on any atom is -0.306 e. The average Bonchev–Trinajstić information content (AvgIpc) is 2.64. The lowest BCUT2D eigenvalue weighted by molar-refractivity contribution is 0.243. The van der Waals surface area contributed by atoms with Gasteiger partial charge in [0, 0.05) is 17.5 Å². The van der Waals surface area contributed by atoms with Gasteiger partial charge in [0.15, 0.2) is 0 Å². The molecule has 0 aliphatic rings.